The van der Waals surface area contributed by atoms with Crippen molar-refractivity contribution < 1.29 is 28.6 Å². The summed E-state index contributed by atoms with van der Waals surface area (Å²) >= 11 is 0. The first-order valence-corrected chi connectivity index (χ1v) is 37.7. The molecule has 0 amide bonds. The maximum Gasteiger partial charge on any atom is 0.306 e. The second-order valence-corrected chi connectivity index (χ2v) is 25.9. The van der Waals surface area contributed by atoms with Crippen molar-refractivity contribution in [2.45, 2.75) is 444 Å². The lowest BCUT2D eigenvalue weighted by Crippen LogP contribution is -2.30. The molecule has 0 aliphatic rings. The van der Waals surface area contributed by atoms with Crippen LogP contribution in [0.1, 0.15) is 438 Å². The minimum absolute atomic E-state index is 0.0657. The Kier molecular flexibility index (Phi) is 70.0. The van der Waals surface area contributed by atoms with Gasteiger partial charge in [0.2, 0.25) is 0 Å². The van der Waals surface area contributed by atoms with Crippen LogP contribution in [-0.4, -0.2) is 37.2 Å². The fourth-order valence-electron chi connectivity index (χ4n) is 11.9. The zero-order valence-corrected chi connectivity index (χ0v) is 56.1. The summed E-state index contributed by atoms with van der Waals surface area (Å²) in [5.74, 6) is -0.839. The van der Waals surface area contributed by atoms with Gasteiger partial charge in [0, 0.05) is 19.3 Å². The van der Waals surface area contributed by atoms with Gasteiger partial charge in [-0.25, -0.2) is 0 Å². The van der Waals surface area contributed by atoms with E-state index in [-0.39, 0.29) is 31.1 Å². The minimum atomic E-state index is -0.770. The first kappa shape index (κ1) is 80.2. The van der Waals surface area contributed by atoms with Crippen LogP contribution in [0.25, 0.3) is 0 Å². The van der Waals surface area contributed by atoms with Gasteiger partial charge in [-0.05, 0) is 44.9 Å². The van der Waals surface area contributed by atoms with Crippen molar-refractivity contribution >= 4 is 17.9 Å². The Morgan fingerprint density at radius 3 is 0.634 bits per heavy atom. The number of carbonyl (C=O) groups is 3. The summed E-state index contributed by atoms with van der Waals surface area (Å²) in [6.45, 7) is 6.70. The minimum Gasteiger partial charge on any atom is -0.462 e. The summed E-state index contributed by atoms with van der Waals surface area (Å²) in [5, 5.41) is 0. The lowest BCUT2D eigenvalue weighted by Gasteiger charge is -2.18. The molecule has 0 bridgehead atoms. The molecule has 6 nitrogen and oxygen atoms in total. The topological polar surface area (TPSA) is 78.9 Å². The Bertz CT molecular complexity index is 1280. The molecule has 0 aromatic carbocycles. The number of carbonyl (C=O) groups excluding carboxylic acids is 3. The Labute approximate surface area is 513 Å². The van der Waals surface area contributed by atoms with Gasteiger partial charge in [0.1, 0.15) is 13.2 Å². The zero-order chi connectivity index (χ0) is 59.2. The van der Waals surface area contributed by atoms with E-state index in [0.717, 1.165) is 64.2 Å². The van der Waals surface area contributed by atoms with E-state index < -0.39 is 6.10 Å². The molecule has 0 aliphatic heterocycles. The maximum atomic E-state index is 12.9. The number of allylic oxidation sites excluding steroid dienone is 2. The van der Waals surface area contributed by atoms with Crippen molar-refractivity contribution in [3.05, 3.63) is 12.2 Å². The summed E-state index contributed by atoms with van der Waals surface area (Å²) < 4.78 is 17.0. The first-order chi connectivity index (χ1) is 40.5. The van der Waals surface area contributed by atoms with Crippen molar-refractivity contribution in [2.24, 2.45) is 0 Å². The van der Waals surface area contributed by atoms with Gasteiger partial charge in [-0.15, -0.1) is 0 Å². The van der Waals surface area contributed by atoms with Crippen molar-refractivity contribution in [1.82, 2.24) is 0 Å². The SMILES string of the molecule is CCCCC/C=C\CCCCCCCC(=O)OCC(COC(=O)CCCCCCCCCCCCCCCCCCCCCCCCCCCCCCCCCC)OC(=O)CCCCCCCCCCCCCCCCCCCCCC. The van der Waals surface area contributed by atoms with Gasteiger partial charge < -0.3 is 14.2 Å². The third kappa shape index (κ3) is 68.9. The van der Waals surface area contributed by atoms with Crippen LogP contribution < -0.4 is 0 Å². The van der Waals surface area contributed by atoms with Crippen LogP contribution in [0, 0.1) is 0 Å². The molecular weight excluding hydrogens is 1010 g/mol. The molecule has 6 heteroatoms. The second kappa shape index (κ2) is 71.6. The highest BCUT2D eigenvalue weighted by Crippen LogP contribution is 2.20. The average molecular weight is 1160 g/mol. The highest BCUT2D eigenvalue weighted by Gasteiger charge is 2.20. The van der Waals surface area contributed by atoms with Crippen LogP contribution in [-0.2, 0) is 28.6 Å². The summed E-state index contributed by atoms with van der Waals surface area (Å²) in [6, 6.07) is 0. The van der Waals surface area contributed by atoms with E-state index in [4.69, 9.17) is 14.2 Å². The average Bonchev–Trinajstić information content (AvgIpc) is 3.47. The molecule has 0 N–H and O–H groups in total. The molecule has 0 rings (SSSR count). The van der Waals surface area contributed by atoms with E-state index in [1.807, 2.05) is 0 Å². The monoisotopic (exact) mass is 1160 g/mol. The zero-order valence-electron chi connectivity index (χ0n) is 56.1. The fraction of sp³-hybridized carbons (Fsp3) is 0.934. The molecule has 0 fully saturated rings. The van der Waals surface area contributed by atoms with Gasteiger partial charge in [-0.3, -0.25) is 14.4 Å². The number of ether oxygens (including phenoxy) is 3. The van der Waals surface area contributed by atoms with Crippen molar-refractivity contribution in [3.63, 3.8) is 0 Å². The highest BCUT2D eigenvalue weighted by atomic mass is 16.6. The van der Waals surface area contributed by atoms with Gasteiger partial charge in [0.25, 0.3) is 0 Å². The van der Waals surface area contributed by atoms with Gasteiger partial charge in [-0.2, -0.15) is 0 Å². The van der Waals surface area contributed by atoms with Crippen LogP contribution in [0.5, 0.6) is 0 Å². The van der Waals surface area contributed by atoms with E-state index in [1.165, 1.54) is 334 Å². The predicted octanol–water partition coefficient (Wildman–Crippen LogP) is 26.0. The third-order valence-corrected chi connectivity index (χ3v) is 17.5. The summed E-state index contributed by atoms with van der Waals surface area (Å²) in [6.07, 6.45) is 87.1. The van der Waals surface area contributed by atoms with Gasteiger partial charge in [-0.1, -0.05) is 386 Å². The molecule has 0 aliphatic carbocycles. The molecule has 1 unspecified atom stereocenters. The van der Waals surface area contributed by atoms with Crippen molar-refractivity contribution in [1.29, 1.82) is 0 Å². The van der Waals surface area contributed by atoms with Crippen LogP contribution in [0.4, 0.5) is 0 Å². The molecule has 0 radical (unpaired) electrons. The fourth-order valence-corrected chi connectivity index (χ4v) is 11.9. The highest BCUT2D eigenvalue weighted by molar-refractivity contribution is 5.71. The molecule has 0 aromatic rings. The second-order valence-electron chi connectivity index (χ2n) is 25.9. The van der Waals surface area contributed by atoms with Gasteiger partial charge >= 0.3 is 17.9 Å². The van der Waals surface area contributed by atoms with Crippen LogP contribution in [0.3, 0.4) is 0 Å². The molecular formula is C76H146O6. The lowest BCUT2D eigenvalue weighted by atomic mass is 10.0. The quantitative estimate of drug-likeness (QED) is 0.0261. The maximum absolute atomic E-state index is 12.9. The summed E-state index contributed by atoms with van der Waals surface area (Å²) in [5.41, 5.74) is 0. The number of rotatable bonds is 71. The van der Waals surface area contributed by atoms with E-state index in [0.29, 0.717) is 19.3 Å². The smallest absolute Gasteiger partial charge is 0.306 e. The molecule has 486 valence electrons. The van der Waals surface area contributed by atoms with Crippen LogP contribution in [0.15, 0.2) is 12.2 Å². The molecule has 0 spiro atoms. The van der Waals surface area contributed by atoms with Gasteiger partial charge in [0.15, 0.2) is 6.10 Å². The summed E-state index contributed by atoms with van der Waals surface area (Å²) in [4.78, 5) is 38.4. The van der Waals surface area contributed by atoms with Crippen LogP contribution in [0.2, 0.25) is 0 Å². The largest absolute Gasteiger partial charge is 0.462 e. The molecule has 0 saturated carbocycles. The Morgan fingerprint density at radius 1 is 0.232 bits per heavy atom. The molecule has 0 saturated heterocycles. The van der Waals surface area contributed by atoms with Gasteiger partial charge in [0.05, 0.1) is 0 Å². The van der Waals surface area contributed by atoms with Crippen molar-refractivity contribution in [3.8, 4) is 0 Å². The summed E-state index contributed by atoms with van der Waals surface area (Å²) in [7, 11) is 0. The number of hydrogen-bond acceptors (Lipinski definition) is 6. The number of unbranched alkanes of at least 4 members (excludes halogenated alkanes) is 58. The first-order valence-electron chi connectivity index (χ1n) is 37.7. The molecule has 0 aromatic heterocycles. The van der Waals surface area contributed by atoms with E-state index in [9.17, 15) is 14.4 Å². The Balaban J connectivity index is 4.08. The van der Waals surface area contributed by atoms with E-state index >= 15 is 0 Å². The van der Waals surface area contributed by atoms with Crippen LogP contribution >= 0.6 is 0 Å². The third-order valence-electron chi connectivity index (χ3n) is 17.5. The number of esters is 3. The molecule has 0 heterocycles. The van der Waals surface area contributed by atoms with E-state index in [2.05, 4.69) is 32.9 Å². The van der Waals surface area contributed by atoms with Crippen molar-refractivity contribution in [2.75, 3.05) is 13.2 Å². The van der Waals surface area contributed by atoms with E-state index in [1.54, 1.807) is 0 Å². The Morgan fingerprint density at radius 2 is 0.402 bits per heavy atom. The molecule has 1 atom stereocenters. The standard InChI is InChI=1S/C76H146O6/c1-4-7-10-13-16-19-22-25-27-29-31-33-34-35-36-37-38-39-40-41-42-43-44-46-47-49-51-54-57-60-63-66-69-75(78)81-72-73(71-80-74(77)68-65-62-59-56-53-24-21-18-15-12-9-6-3)82-76(79)70-67-64-61-58-55-52-50-48-45-32-30-28-26-23-20-17-14-11-8-5-2/h18,21,73H,4-17,19-20,22-72H2,1-3H3/b21-18-. The number of hydrogen-bond donors (Lipinski definition) is 0. The molecule has 82 heavy (non-hydrogen) atoms. The normalized spacial score (nSPS) is 12.0. The lowest BCUT2D eigenvalue weighted by molar-refractivity contribution is -0.167. The predicted molar refractivity (Wildman–Crippen MR) is 358 cm³/mol. The Hall–Kier alpha value is -1.85.